The summed E-state index contributed by atoms with van der Waals surface area (Å²) in [5.41, 5.74) is 2.88. The van der Waals surface area contributed by atoms with Gasteiger partial charge in [0.1, 0.15) is 5.75 Å². The summed E-state index contributed by atoms with van der Waals surface area (Å²) in [4.78, 5) is 26.1. The van der Waals surface area contributed by atoms with E-state index in [1.54, 1.807) is 6.07 Å². The van der Waals surface area contributed by atoms with Crippen molar-refractivity contribution in [2.75, 3.05) is 36.5 Å². The number of hydrogen-bond acceptors (Lipinski definition) is 5. The van der Waals surface area contributed by atoms with Gasteiger partial charge in [-0.2, -0.15) is 0 Å². The monoisotopic (exact) mass is 396 g/mol. The molecular weight excluding hydrogens is 368 g/mol. The van der Waals surface area contributed by atoms with E-state index in [2.05, 4.69) is 17.1 Å². The summed E-state index contributed by atoms with van der Waals surface area (Å²) in [6, 6.07) is 15.1. The Labute approximate surface area is 171 Å². The second-order valence-electron chi connectivity index (χ2n) is 7.53. The van der Waals surface area contributed by atoms with Crippen molar-refractivity contribution in [2.24, 2.45) is 5.92 Å². The van der Waals surface area contributed by atoms with Crippen molar-refractivity contribution in [1.82, 2.24) is 0 Å². The largest absolute Gasteiger partial charge is 0.482 e. The summed E-state index contributed by atoms with van der Waals surface area (Å²) in [6.07, 6.45) is 2.41. The van der Waals surface area contributed by atoms with Gasteiger partial charge in [-0.1, -0.05) is 19.1 Å². The lowest BCUT2D eigenvalue weighted by molar-refractivity contribution is -0.149. The predicted molar refractivity (Wildman–Crippen MR) is 113 cm³/mol. The molecule has 0 atom stereocenters. The molecule has 1 aliphatic rings. The summed E-state index contributed by atoms with van der Waals surface area (Å²) in [5.74, 6) is 0.411. The highest BCUT2D eigenvalue weighted by atomic mass is 16.6. The number of carbonyl (C=O) groups excluding carboxylic acids is 2. The van der Waals surface area contributed by atoms with E-state index >= 15 is 0 Å². The second kappa shape index (κ2) is 9.96. The van der Waals surface area contributed by atoms with Gasteiger partial charge in [0.2, 0.25) is 0 Å². The number of piperidine rings is 1. The Morgan fingerprint density at radius 3 is 2.48 bits per heavy atom. The lowest BCUT2D eigenvalue weighted by Crippen LogP contribution is -2.32. The van der Waals surface area contributed by atoms with E-state index in [1.807, 2.05) is 49.4 Å². The smallest absolute Gasteiger partial charge is 0.344 e. The fourth-order valence-corrected chi connectivity index (χ4v) is 3.25. The number of carbonyl (C=O) groups is 2. The van der Waals surface area contributed by atoms with Crippen LogP contribution in [-0.4, -0.2) is 38.2 Å². The summed E-state index contributed by atoms with van der Waals surface area (Å²) >= 11 is 0. The minimum absolute atomic E-state index is 0.236. The Morgan fingerprint density at radius 1 is 1.07 bits per heavy atom. The fourth-order valence-electron chi connectivity index (χ4n) is 3.25. The molecule has 1 heterocycles. The van der Waals surface area contributed by atoms with Crippen LogP contribution in [0.3, 0.4) is 0 Å². The molecule has 6 heteroatoms. The molecule has 0 saturated carbocycles. The van der Waals surface area contributed by atoms with Crippen LogP contribution in [-0.2, 0) is 14.3 Å². The van der Waals surface area contributed by atoms with Crippen LogP contribution < -0.4 is 15.0 Å². The van der Waals surface area contributed by atoms with Crippen LogP contribution in [0.15, 0.2) is 48.5 Å². The second-order valence-corrected chi connectivity index (χ2v) is 7.53. The topological polar surface area (TPSA) is 67.9 Å². The Kier molecular flexibility index (Phi) is 7.11. The Balaban J connectivity index is 1.39. The number of aryl methyl sites for hydroxylation is 1. The Bertz CT molecular complexity index is 827. The molecule has 0 bridgehead atoms. The van der Waals surface area contributed by atoms with Gasteiger partial charge in [-0.3, -0.25) is 4.79 Å². The van der Waals surface area contributed by atoms with Gasteiger partial charge in [0.15, 0.2) is 13.2 Å². The molecule has 1 saturated heterocycles. The van der Waals surface area contributed by atoms with Gasteiger partial charge in [0.05, 0.1) is 0 Å². The van der Waals surface area contributed by atoms with E-state index in [0.29, 0.717) is 11.4 Å². The van der Waals surface area contributed by atoms with Crippen molar-refractivity contribution in [3.8, 4) is 5.75 Å². The molecule has 0 unspecified atom stereocenters. The summed E-state index contributed by atoms with van der Waals surface area (Å²) < 4.78 is 10.3. The minimum atomic E-state index is -0.587. The van der Waals surface area contributed by atoms with Crippen molar-refractivity contribution in [3.05, 3.63) is 54.1 Å². The van der Waals surface area contributed by atoms with Gasteiger partial charge in [-0.05, 0) is 67.6 Å². The molecule has 1 N–H and O–H groups in total. The van der Waals surface area contributed by atoms with Crippen molar-refractivity contribution >= 4 is 23.3 Å². The van der Waals surface area contributed by atoms with E-state index in [1.165, 1.54) is 12.8 Å². The van der Waals surface area contributed by atoms with Gasteiger partial charge in [-0.15, -0.1) is 0 Å². The van der Waals surface area contributed by atoms with Crippen LogP contribution in [0.1, 0.15) is 25.3 Å². The zero-order valence-corrected chi connectivity index (χ0v) is 17.0. The maximum Gasteiger partial charge on any atom is 0.344 e. The molecule has 1 fully saturated rings. The first-order valence-corrected chi connectivity index (χ1v) is 9.99. The molecule has 2 aromatic carbocycles. The maximum atomic E-state index is 12.0. The number of ether oxygens (including phenoxy) is 2. The van der Waals surface area contributed by atoms with Gasteiger partial charge in [-0.25, -0.2) is 4.79 Å². The van der Waals surface area contributed by atoms with Gasteiger partial charge in [0, 0.05) is 24.5 Å². The number of esters is 1. The predicted octanol–water partition coefficient (Wildman–Crippen LogP) is 3.79. The Morgan fingerprint density at radius 2 is 1.79 bits per heavy atom. The molecule has 0 aromatic heterocycles. The van der Waals surface area contributed by atoms with Crippen molar-refractivity contribution in [3.63, 3.8) is 0 Å². The molecule has 2 aromatic rings. The number of anilines is 2. The number of nitrogens with one attached hydrogen (secondary N) is 1. The average Bonchev–Trinajstić information content (AvgIpc) is 2.72. The maximum absolute atomic E-state index is 12.0. The van der Waals surface area contributed by atoms with Crippen LogP contribution in [0.4, 0.5) is 11.4 Å². The molecule has 154 valence electrons. The highest BCUT2D eigenvalue weighted by molar-refractivity contribution is 5.93. The summed E-state index contributed by atoms with van der Waals surface area (Å²) in [5, 5.41) is 2.74. The van der Waals surface area contributed by atoms with E-state index in [9.17, 15) is 9.59 Å². The van der Waals surface area contributed by atoms with E-state index < -0.39 is 5.97 Å². The molecule has 1 aliphatic heterocycles. The number of rotatable bonds is 7. The van der Waals surface area contributed by atoms with Crippen LogP contribution >= 0.6 is 0 Å². The minimum Gasteiger partial charge on any atom is -0.482 e. The van der Waals surface area contributed by atoms with Gasteiger partial charge >= 0.3 is 5.97 Å². The van der Waals surface area contributed by atoms with Crippen LogP contribution in [0.2, 0.25) is 0 Å². The first kappa shape index (κ1) is 20.7. The van der Waals surface area contributed by atoms with Crippen molar-refractivity contribution in [1.29, 1.82) is 0 Å². The number of nitrogens with zero attached hydrogens (tertiary/aromatic N) is 1. The SMILES string of the molecule is Cc1cccc(OCC(=O)OCC(=O)Nc2ccc(N3CCC(C)CC3)cc2)c1. The summed E-state index contributed by atoms with van der Waals surface area (Å²) in [6.45, 7) is 5.77. The van der Waals surface area contributed by atoms with Crippen molar-refractivity contribution < 1.29 is 19.1 Å². The standard InChI is InChI=1S/C23H28N2O4/c1-17-10-12-25(13-11-17)20-8-6-19(7-9-20)24-22(26)15-29-23(27)16-28-21-5-3-4-18(2)14-21/h3-9,14,17H,10-13,15-16H2,1-2H3,(H,24,26). The molecule has 0 aliphatic carbocycles. The number of hydrogen-bond donors (Lipinski definition) is 1. The van der Waals surface area contributed by atoms with E-state index in [4.69, 9.17) is 9.47 Å². The third-order valence-electron chi connectivity index (χ3n) is 5.01. The van der Waals surface area contributed by atoms with Gasteiger partial charge < -0.3 is 19.7 Å². The average molecular weight is 396 g/mol. The third kappa shape index (κ3) is 6.52. The lowest BCUT2D eigenvalue weighted by atomic mass is 9.99. The molecule has 6 nitrogen and oxygen atoms in total. The van der Waals surface area contributed by atoms with Crippen LogP contribution in [0.25, 0.3) is 0 Å². The molecule has 1 amide bonds. The highest BCUT2D eigenvalue weighted by Crippen LogP contribution is 2.24. The third-order valence-corrected chi connectivity index (χ3v) is 5.01. The zero-order valence-electron chi connectivity index (χ0n) is 17.0. The first-order chi connectivity index (χ1) is 14.0. The molecular formula is C23H28N2O4. The molecule has 29 heavy (non-hydrogen) atoms. The molecule has 0 spiro atoms. The zero-order chi connectivity index (χ0) is 20.6. The van der Waals surface area contributed by atoms with Crippen LogP contribution in [0, 0.1) is 12.8 Å². The quantitative estimate of drug-likeness (QED) is 0.721. The highest BCUT2D eigenvalue weighted by Gasteiger charge is 2.16. The van der Waals surface area contributed by atoms with Crippen LogP contribution in [0.5, 0.6) is 5.75 Å². The number of benzene rings is 2. The summed E-state index contributed by atoms with van der Waals surface area (Å²) in [7, 11) is 0. The normalized spacial score (nSPS) is 14.3. The number of amides is 1. The van der Waals surface area contributed by atoms with E-state index in [-0.39, 0.29) is 19.1 Å². The first-order valence-electron chi connectivity index (χ1n) is 9.99. The molecule has 3 rings (SSSR count). The molecule has 0 radical (unpaired) electrons. The lowest BCUT2D eigenvalue weighted by Gasteiger charge is -2.32. The van der Waals surface area contributed by atoms with E-state index in [0.717, 1.165) is 30.3 Å². The fraction of sp³-hybridized carbons (Fsp3) is 0.391. The Hall–Kier alpha value is -3.02. The van der Waals surface area contributed by atoms with Crippen molar-refractivity contribution in [2.45, 2.75) is 26.7 Å². The van der Waals surface area contributed by atoms with Gasteiger partial charge in [0.25, 0.3) is 5.91 Å².